The fraction of sp³-hybridized carbons (Fsp3) is 0.500. The Bertz CT molecular complexity index is 462. The summed E-state index contributed by atoms with van der Waals surface area (Å²) in [5.74, 6) is 0.0346. The molecule has 1 aliphatic heterocycles. The molecule has 1 unspecified atom stereocenters. The van der Waals surface area contributed by atoms with Gasteiger partial charge in [-0.1, -0.05) is 18.2 Å². The first-order valence-corrected chi connectivity index (χ1v) is 5.86. The fourth-order valence-corrected chi connectivity index (χ4v) is 2.78. The molecule has 1 aromatic carbocycles. The summed E-state index contributed by atoms with van der Waals surface area (Å²) in [6.45, 7) is 5.56. The van der Waals surface area contributed by atoms with E-state index in [1.54, 1.807) is 25.8 Å². The SMILES string of the molecule is CN1C(=O)c2ccccc2C1(C)CC(C)(C)O. The zero-order valence-electron chi connectivity index (χ0n) is 10.8. The predicted octanol–water partition coefficient (Wildman–Crippen LogP) is 2.15. The average Bonchev–Trinajstić information content (AvgIpc) is 2.40. The molecule has 17 heavy (non-hydrogen) atoms. The Balaban J connectivity index is 2.52. The van der Waals surface area contributed by atoms with Crippen molar-refractivity contribution in [3.8, 4) is 0 Å². The lowest BCUT2D eigenvalue weighted by Crippen LogP contribution is -2.43. The van der Waals surface area contributed by atoms with Crippen LogP contribution in [0.4, 0.5) is 0 Å². The second kappa shape index (κ2) is 3.57. The lowest BCUT2D eigenvalue weighted by Gasteiger charge is -2.37. The van der Waals surface area contributed by atoms with Crippen LogP contribution in [0.1, 0.15) is 43.1 Å². The van der Waals surface area contributed by atoms with E-state index in [-0.39, 0.29) is 5.91 Å². The molecular weight excluding hydrogens is 214 g/mol. The lowest BCUT2D eigenvalue weighted by atomic mass is 9.82. The van der Waals surface area contributed by atoms with Crippen molar-refractivity contribution in [2.45, 2.75) is 38.3 Å². The van der Waals surface area contributed by atoms with Crippen molar-refractivity contribution in [3.63, 3.8) is 0 Å². The van der Waals surface area contributed by atoms with Crippen molar-refractivity contribution in [1.82, 2.24) is 4.90 Å². The van der Waals surface area contributed by atoms with Crippen LogP contribution in [0, 0.1) is 0 Å². The Morgan fingerprint density at radius 2 is 1.94 bits per heavy atom. The molecule has 0 spiro atoms. The van der Waals surface area contributed by atoms with Crippen molar-refractivity contribution in [1.29, 1.82) is 0 Å². The molecule has 1 aromatic rings. The Kier molecular flexibility index (Phi) is 2.54. The summed E-state index contributed by atoms with van der Waals surface area (Å²) in [5.41, 5.74) is 0.531. The number of rotatable bonds is 2. The molecule has 92 valence electrons. The van der Waals surface area contributed by atoms with Crippen LogP contribution in [-0.4, -0.2) is 28.6 Å². The number of carbonyl (C=O) groups is 1. The van der Waals surface area contributed by atoms with Gasteiger partial charge in [-0.2, -0.15) is 0 Å². The molecule has 3 heteroatoms. The number of benzene rings is 1. The van der Waals surface area contributed by atoms with Gasteiger partial charge in [0.25, 0.3) is 5.91 Å². The van der Waals surface area contributed by atoms with E-state index in [9.17, 15) is 9.90 Å². The maximum Gasteiger partial charge on any atom is 0.254 e. The van der Waals surface area contributed by atoms with E-state index in [4.69, 9.17) is 0 Å². The largest absolute Gasteiger partial charge is 0.390 e. The molecule has 1 amide bonds. The summed E-state index contributed by atoms with van der Waals surface area (Å²) in [4.78, 5) is 13.9. The minimum atomic E-state index is -0.805. The van der Waals surface area contributed by atoms with Gasteiger partial charge in [0, 0.05) is 19.0 Å². The van der Waals surface area contributed by atoms with Crippen LogP contribution in [0.2, 0.25) is 0 Å². The van der Waals surface area contributed by atoms with Crippen molar-refractivity contribution >= 4 is 5.91 Å². The quantitative estimate of drug-likeness (QED) is 0.850. The van der Waals surface area contributed by atoms with E-state index >= 15 is 0 Å². The maximum atomic E-state index is 12.1. The molecule has 1 N–H and O–H groups in total. The van der Waals surface area contributed by atoms with Crippen LogP contribution in [0.3, 0.4) is 0 Å². The molecular formula is C14H19NO2. The summed E-state index contributed by atoms with van der Waals surface area (Å²) in [7, 11) is 1.80. The van der Waals surface area contributed by atoms with Gasteiger partial charge in [0.05, 0.1) is 11.1 Å². The zero-order chi connectivity index (χ0) is 12.8. The standard InChI is InChI=1S/C14H19NO2/c1-13(2,17)9-14(3)11-8-6-5-7-10(11)12(16)15(14)4/h5-8,17H,9H2,1-4H3. The molecule has 0 fully saturated rings. The van der Waals surface area contributed by atoms with E-state index in [0.717, 1.165) is 11.1 Å². The van der Waals surface area contributed by atoms with Crippen molar-refractivity contribution in [2.24, 2.45) is 0 Å². The molecule has 0 radical (unpaired) electrons. The highest BCUT2D eigenvalue weighted by molar-refractivity contribution is 5.99. The number of nitrogens with zero attached hydrogens (tertiary/aromatic N) is 1. The van der Waals surface area contributed by atoms with Gasteiger partial charge in [-0.15, -0.1) is 0 Å². The monoisotopic (exact) mass is 233 g/mol. The number of carbonyl (C=O) groups excluding carboxylic acids is 1. The second-order valence-corrected chi connectivity index (χ2v) is 5.67. The molecule has 2 rings (SSSR count). The molecule has 0 bridgehead atoms. The third-order valence-electron chi connectivity index (χ3n) is 3.56. The number of fused-ring (bicyclic) bond motifs is 1. The van der Waals surface area contributed by atoms with Crippen molar-refractivity contribution in [2.75, 3.05) is 7.05 Å². The van der Waals surface area contributed by atoms with Crippen LogP contribution in [0.25, 0.3) is 0 Å². The van der Waals surface area contributed by atoms with Gasteiger partial charge in [-0.3, -0.25) is 4.79 Å². The normalized spacial score (nSPS) is 24.1. The van der Waals surface area contributed by atoms with Crippen LogP contribution in [-0.2, 0) is 5.54 Å². The number of hydrogen-bond acceptors (Lipinski definition) is 2. The van der Waals surface area contributed by atoms with Crippen LogP contribution < -0.4 is 0 Å². The highest BCUT2D eigenvalue weighted by atomic mass is 16.3. The van der Waals surface area contributed by atoms with Crippen molar-refractivity contribution in [3.05, 3.63) is 35.4 Å². The third kappa shape index (κ3) is 1.84. The van der Waals surface area contributed by atoms with E-state index in [0.29, 0.717) is 6.42 Å². The topological polar surface area (TPSA) is 40.5 Å². The van der Waals surface area contributed by atoms with Crippen LogP contribution in [0.15, 0.2) is 24.3 Å². The van der Waals surface area contributed by atoms with Gasteiger partial charge in [0.2, 0.25) is 0 Å². The third-order valence-corrected chi connectivity index (χ3v) is 3.56. The highest BCUT2D eigenvalue weighted by Gasteiger charge is 2.46. The Morgan fingerprint density at radius 3 is 2.53 bits per heavy atom. The van der Waals surface area contributed by atoms with Crippen LogP contribution >= 0.6 is 0 Å². The van der Waals surface area contributed by atoms with Crippen molar-refractivity contribution < 1.29 is 9.90 Å². The van der Waals surface area contributed by atoms with Gasteiger partial charge in [-0.25, -0.2) is 0 Å². The molecule has 0 saturated heterocycles. The van der Waals surface area contributed by atoms with Crippen LogP contribution in [0.5, 0.6) is 0 Å². The molecule has 1 heterocycles. The smallest absolute Gasteiger partial charge is 0.254 e. The Labute approximate surface area is 102 Å². The molecule has 3 nitrogen and oxygen atoms in total. The van der Waals surface area contributed by atoms with Gasteiger partial charge >= 0.3 is 0 Å². The fourth-order valence-electron chi connectivity index (χ4n) is 2.78. The molecule has 0 aliphatic carbocycles. The molecule has 0 aromatic heterocycles. The first kappa shape index (κ1) is 12.1. The number of hydrogen-bond donors (Lipinski definition) is 1. The maximum absolute atomic E-state index is 12.1. The molecule has 1 atom stereocenters. The molecule has 1 aliphatic rings. The summed E-state index contributed by atoms with van der Waals surface area (Å²) in [6, 6.07) is 7.64. The van der Waals surface area contributed by atoms with E-state index < -0.39 is 11.1 Å². The first-order chi connectivity index (χ1) is 7.76. The second-order valence-electron chi connectivity index (χ2n) is 5.67. The van der Waals surface area contributed by atoms with E-state index in [1.807, 2.05) is 31.2 Å². The van der Waals surface area contributed by atoms with Gasteiger partial charge in [0.1, 0.15) is 0 Å². The summed E-state index contributed by atoms with van der Waals surface area (Å²) >= 11 is 0. The first-order valence-electron chi connectivity index (χ1n) is 5.86. The minimum absolute atomic E-state index is 0.0346. The van der Waals surface area contributed by atoms with Gasteiger partial charge in [-0.05, 0) is 32.4 Å². The van der Waals surface area contributed by atoms with Gasteiger partial charge < -0.3 is 10.0 Å². The van der Waals surface area contributed by atoms with E-state index in [2.05, 4.69) is 0 Å². The highest BCUT2D eigenvalue weighted by Crippen LogP contribution is 2.42. The predicted molar refractivity (Wildman–Crippen MR) is 66.8 cm³/mol. The summed E-state index contributed by atoms with van der Waals surface area (Å²) < 4.78 is 0. The summed E-state index contributed by atoms with van der Waals surface area (Å²) in [5, 5.41) is 10.0. The van der Waals surface area contributed by atoms with Gasteiger partial charge in [0.15, 0.2) is 0 Å². The minimum Gasteiger partial charge on any atom is -0.390 e. The van der Waals surface area contributed by atoms with E-state index in [1.165, 1.54) is 0 Å². The number of aliphatic hydroxyl groups is 1. The Hall–Kier alpha value is -1.35. The summed E-state index contributed by atoms with van der Waals surface area (Å²) in [6.07, 6.45) is 0.527. The zero-order valence-corrected chi connectivity index (χ0v) is 10.8. The lowest BCUT2D eigenvalue weighted by molar-refractivity contribution is 0.00960. The Morgan fingerprint density at radius 1 is 1.35 bits per heavy atom. The molecule has 0 saturated carbocycles. The average molecular weight is 233 g/mol. The number of amides is 1.